The molecule has 1 aromatic carbocycles. The van der Waals surface area contributed by atoms with Crippen molar-refractivity contribution in [3.05, 3.63) is 48.3 Å². The molecule has 0 saturated heterocycles. The molecule has 5 nitrogen and oxygen atoms in total. The molecule has 0 saturated carbocycles. The molecule has 2 rings (SSSR count). The summed E-state index contributed by atoms with van der Waals surface area (Å²) in [5.41, 5.74) is 3.76. The smallest absolute Gasteiger partial charge is 0.160 e. The number of nitrogens with one attached hydrogen (secondary N) is 1. The Labute approximate surface area is 113 Å². The van der Waals surface area contributed by atoms with Gasteiger partial charge >= 0.3 is 0 Å². The van der Waals surface area contributed by atoms with Gasteiger partial charge in [-0.2, -0.15) is 0 Å². The van der Waals surface area contributed by atoms with E-state index in [1.807, 2.05) is 18.2 Å². The van der Waals surface area contributed by atoms with E-state index in [0.717, 1.165) is 12.4 Å². The molecule has 0 bridgehead atoms. The van der Waals surface area contributed by atoms with Crippen molar-refractivity contribution < 1.29 is 0 Å². The van der Waals surface area contributed by atoms with Crippen molar-refractivity contribution in [1.29, 1.82) is 0 Å². The van der Waals surface area contributed by atoms with Gasteiger partial charge < -0.3 is 10.3 Å². The Balaban J connectivity index is 2.24. The van der Waals surface area contributed by atoms with Crippen molar-refractivity contribution in [2.75, 3.05) is 10.3 Å². The van der Waals surface area contributed by atoms with Gasteiger partial charge in [-0.25, -0.2) is 10.8 Å². The lowest BCUT2D eigenvalue weighted by Crippen LogP contribution is -2.31. The molecule has 19 heavy (non-hydrogen) atoms. The molecular formula is C14H19N5. The van der Waals surface area contributed by atoms with Crippen LogP contribution in [0.3, 0.4) is 0 Å². The fourth-order valence-corrected chi connectivity index (χ4v) is 1.87. The van der Waals surface area contributed by atoms with Gasteiger partial charge in [0.1, 0.15) is 5.82 Å². The third-order valence-corrected chi connectivity index (χ3v) is 2.88. The van der Waals surface area contributed by atoms with Gasteiger partial charge in [0, 0.05) is 12.6 Å². The van der Waals surface area contributed by atoms with Crippen LogP contribution in [-0.4, -0.2) is 16.0 Å². The Morgan fingerprint density at radius 1 is 1.21 bits per heavy atom. The maximum atomic E-state index is 5.38. The van der Waals surface area contributed by atoms with E-state index in [2.05, 4.69) is 46.3 Å². The van der Waals surface area contributed by atoms with Crippen molar-refractivity contribution in [1.82, 2.24) is 9.97 Å². The van der Waals surface area contributed by atoms with Crippen LogP contribution in [0.4, 0.5) is 11.6 Å². The highest BCUT2D eigenvalue weighted by molar-refractivity contribution is 5.44. The molecule has 0 aliphatic carbocycles. The normalized spacial score (nSPS) is 10.5. The zero-order valence-corrected chi connectivity index (χ0v) is 11.2. The molecule has 0 aliphatic rings. The quantitative estimate of drug-likeness (QED) is 0.635. The minimum Gasteiger partial charge on any atom is -0.349 e. The van der Waals surface area contributed by atoms with Gasteiger partial charge in [0.2, 0.25) is 0 Å². The minimum absolute atomic E-state index is 0.322. The molecule has 0 radical (unpaired) electrons. The summed E-state index contributed by atoms with van der Waals surface area (Å²) in [7, 11) is 0. The van der Waals surface area contributed by atoms with E-state index in [-0.39, 0.29) is 0 Å². The number of hydrazine groups is 1. The molecule has 0 amide bonds. The minimum atomic E-state index is 0.322. The molecule has 100 valence electrons. The van der Waals surface area contributed by atoms with Crippen molar-refractivity contribution in [3.63, 3.8) is 0 Å². The van der Waals surface area contributed by atoms with Crippen LogP contribution >= 0.6 is 0 Å². The lowest BCUT2D eigenvalue weighted by molar-refractivity contribution is 0.671. The van der Waals surface area contributed by atoms with Crippen LogP contribution in [0.15, 0.2) is 42.7 Å². The number of benzene rings is 1. The topological polar surface area (TPSA) is 67.1 Å². The Hall–Kier alpha value is -2.14. The number of hydrogen-bond donors (Lipinski definition) is 2. The fourth-order valence-electron chi connectivity index (χ4n) is 1.87. The van der Waals surface area contributed by atoms with Crippen molar-refractivity contribution >= 4 is 11.6 Å². The molecule has 1 heterocycles. The molecule has 3 N–H and O–H groups in total. The predicted molar refractivity (Wildman–Crippen MR) is 77.6 cm³/mol. The van der Waals surface area contributed by atoms with Crippen LogP contribution in [0.2, 0.25) is 0 Å². The van der Waals surface area contributed by atoms with Crippen molar-refractivity contribution in [3.8, 4) is 0 Å². The average Bonchev–Trinajstić information content (AvgIpc) is 2.45. The largest absolute Gasteiger partial charge is 0.349 e. The van der Waals surface area contributed by atoms with Crippen LogP contribution in [0.25, 0.3) is 0 Å². The van der Waals surface area contributed by atoms with E-state index in [1.54, 1.807) is 12.4 Å². The molecule has 2 aromatic rings. The first-order valence-electron chi connectivity index (χ1n) is 6.30. The molecule has 1 aromatic heterocycles. The maximum Gasteiger partial charge on any atom is 0.160 e. The Kier molecular flexibility index (Phi) is 4.30. The van der Waals surface area contributed by atoms with Crippen LogP contribution in [0.1, 0.15) is 19.4 Å². The van der Waals surface area contributed by atoms with E-state index in [0.29, 0.717) is 11.9 Å². The molecule has 0 atom stereocenters. The third kappa shape index (κ3) is 3.42. The highest BCUT2D eigenvalue weighted by Crippen LogP contribution is 2.18. The fraction of sp³-hybridized carbons (Fsp3) is 0.286. The van der Waals surface area contributed by atoms with Crippen molar-refractivity contribution in [2.45, 2.75) is 26.4 Å². The number of aromatic nitrogens is 2. The monoisotopic (exact) mass is 257 g/mol. The second kappa shape index (κ2) is 6.15. The van der Waals surface area contributed by atoms with E-state index in [4.69, 9.17) is 5.84 Å². The summed E-state index contributed by atoms with van der Waals surface area (Å²) in [6, 6.07) is 10.6. The third-order valence-electron chi connectivity index (χ3n) is 2.88. The van der Waals surface area contributed by atoms with Crippen LogP contribution < -0.4 is 16.2 Å². The summed E-state index contributed by atoms with van der Waals surface area (Å²) >= 11 is 0. The Morgan fingerprint density at radius 2 is 1.95 bits per heavy atom. The van der Waals surface area contributed by atoms with E-state index >= 15 is 0 Å². The van der Waals surface area contributed by atoms with Gasteiger partial charge in [-0.3, -0.25) is 4.98 Å². The van der Waals surface area contributed by atoms with Gasteiger partial charge in [0.05, 0.1) is 12.4 Å². The summed E-state index contributed by atoms with van der Waals surface area (Å²) in [6.45, 7) is 5.06. The lowest BCUT2D eigenvalue weighted by Gasteiger charge is -2.27. The Bertz CT molecular complexity index is 512. The summed E-state index contributed by atoms with van der Waals surface area (Å²) in [5.74, 6) is 6.76. The standard InChI is InChI=1S/C14H19N5/c1-11(2)19(10-12-6-4-3-5-7-12)14-9-16-8-13(17-14)18-15/h3-9,11H,10,15H2,1-2H3,(H,17,18). The SMILES string of the molecule is CC(C)N(Cc1ccccc1)c1cncc(NN)n1. The molecule has 0 unspecified atom stereocenters. The first kappa shape index (κ1) is 13.3. The number of nitrogens with zero attached hydrogens (tertiary/aromatic N) is 3. The van der Waals surface area contributed by atoms with E-state index in [1.165, 1.54) is 5.56 Å². The van der Waals surface area contributed by atoms with Gasteiger partial charge in [-0.15, -0.1) is 0 Å². The summed E-state index contributed by atoms with van der Waals surface area (Å²) in [6.07, 6.45) is 3.36. The predicted octanol–water partition coefficient (Wildman–Crippen LogP) is 2.18. The van der Waals surface area contributed by atoms with Gasteiger partial charge in [0.15, 0.2) is 5.82 Å². The zero-order valence-electron chi connectivity index (χ0n) is 11.2. The number of nitrogens with two attached hydrogens (primary N) is 1. The molecular weight excluding hydrogens is 238 g/mol. The highest BCUT2D eigenvalue weighted by atomic mass is 15.3. The van der Waals surface area contributed by atoms with Gasteiger partial charge in [0.25, 0.3) is 0 Å². The first-order chi connectivity index (χ1) is 9.20. The zero-order chi connectivity index (χ0) is 13.7. The van der Waals surface area contributed by atoms with Gasteiger partial charge in [-0.05, 0) is 19.4 Å². The summed E-state index contributed by atoms with van der Waals surface area (Å²) in [5, 5.41) is 0. The first-order valence-corrected chi connectivity index (χ1v) is 6.30. The highest BCUT2D eigenvalue weighted by Gasteiger charge is 2.13. The molecule has 0 spiro atoms. The molecule has 0 aliphatic heterocycles. The van der Waals surface area contributed by atoms with Crippen LogP contribution in [0.5, 0.6) is 0 Å². The van der Waals surface area contributed by atoms with E-state index < -0.39 is 0 Å². The Morgan fingerprint density at radius 3 is 2.58 bits per heavy atom. The number of anilines is 2. The molecule has 0 fully saturated rings. The van der Waals surface area contributed by atoms with Crippen LogP contribution in [0, 0.1) is 0 Å². The lowest BCUT2D eigenvalue weighted by atomic mass is 10.2. The summed E-state index contributed by atoms with van der Waals surface area (Å²) < 4.78 is 0. The van der Waals surface area contributed by atoms with E-state index in [9.17, 15) is 0 Å². The van der Waals surface area contributed by atoms with Gasteiger partial charge in [-0.1, -0.05) is 30.3 Å². The average molecular weight is 257 g/mol. The van der Waals surface area contributed by atoms with Crippen molar-refractivity contribution in [2.24, 2.45) is 5.84 Å². The number of nitrogen functional groups attached to an aromatic ring is 1. The maximum absolute atomic E-state index is 5.38. The van der Waals surface area contributed by atoms with Crippen LogP contribution in [-0.2, 0) is 6.54 Å². The molecule has 5 heteroatoms. The second-order valence-electron chi connectivity index (χ2n) is 4.61. The second-order valence-corrected chi connectivity index (χ2v) is 4.61. The number of rotatable bonds is 5. The number of hydrogen-bond acceptors (Lipinski definition) is 5. The summed E-state index contributed by atoms with van der Waals surface area (Å²) in [4.78, 5) is 10.8.